The van der Waals surface area contributed by atoms with Crippen LogP contribution in [0.15, 0.2) is 18.6 Å². The van der Waals surface area contributed by atoms with Gasteiger partial charge in [0, 0.05) is 38.6 Å². The van der Waals surface area contributed by atoms with Crippen LogP contribution in [0.2, 0.25) is 0 Å². The number of amides is 2. The van der Waals surface area contributed by atoms with Gasteiger partial charge in [0.2, 0.25) is 5.91 Å². The van der Waals surface area contributed by atoms with Crippen molar-refractivity contribution in [2.75, 3.05) is 26.2 Å². The van der Waals surface area contributed by atoms with Crippen molar-refractivity contribution in [3.8, 4) is 0 Å². The van der Waals surface area contributed by atoms with Gasteiger partial charge in [-0.25, -0.2) is 4.98 Å². The van der Waals surface area contributed by atoms with Gasteiger partial charge in [0.05, 0.1) is 12.1 Å². The van der Waals surface area contributed by atoms with Crippen molar-refractivity contribution in [2.45, 2.75) is 25.7 Å². The van der Waals surface area contributed by atoms with Gasteiger partial charge < -0.3 is 9.80 Å². The molecule has 0 aliphatic carbocycles. The molecule has 3 rings (SSSR count). The maximum atomic E-state index is 12.5. The molecule has 0 saturated carbocycles. The van der Waals surface area contributed by atoms with E-state index in [0.29, 0.717) is 18.8 Å². The van der Waals surface area contributed by atoms with Crippen LogP contribution in [0.3, 0.4) is 0 Å². The second kappa shape index (κ2) is 6.20. The predicted octanol–water partition coefficient (Wildman–Crippen LogP) is 0.951. The third-order valence-electron chi connectivity index (χ3n) is 4.26. The normalized spacial score (nSPS) is 22.4. The summed E-state index contributed by atoms with van der Waals surface area (Å²) in [4.78, 5) is 36.5. The maximum absolute atomic E-state index is 12.5. The Labute approximate surface area is 124 Å². The van der Waals surface area contributed by atoms with Gasteiger partial charge in [0.15, 0.2) is 0 Å². The molecule has 1 aromatic heterocycles. The van der Waals surface area contributed by atoms with E-state index in [9.17, 15) is 9.59 Å². The molecular formula is C15H20N4O2. The van der Waals surface area contributed by atoms with Crippen LogP contribution in [0.1, 0.15) is 36.2 Å². The Kier molecular flexibility index (Phi) is 4.13. The van der Waals surface area contributed by atoms with Crippen LogP contribution in [0, 0.1) is 5.92 Å². The summed E-state index contributed by atoms with van der Waals surface area (Å²) in [6.07, 6.45) is 8.49. The van der Waals surface area contributed by atoms with E-state index >= 15 is 0 Å². The van der Waals surface area contributed by atoms with E-state index < -0.39 is 0 Å². The van der Waals surface area contributed by atoms with E-state index in [0.717, 1.165) is 38.8 Å². The maximum Gasteiger partial charge on any atom is 0.274 e. The lowest BCUT2D eigenvalue weighted by Gasteiger charge is -2.33. The molecule has 112 valence electrons. The van der Waals surface area contributed by atoms with Gasteiger partial charge in [-0.15, -0.1) is 0 Å². The average Bonchev–Trinajstić information content (AvgIpc) is 3.09. The van der Waals surface area contributed by atoms with Gasteiger partial charge in [0.1, 0.15) is 5.69 Å². The molecule has 0 N–H and O–H groups in total. The minimum absolute atomic E-state index is 0.0579. The SMILES string of the molecule is O=C(c1cnccn1)N1CCC[C@@H](C(=O)N2CCCC2)C1. The van der Waals surface area contributed by atoms with E-state index in [2.05, 4.69) is 9.97 Å². The molecule has 6 nitrogen and oxygen atoms in total. The smallest absolute Gasteiger partial charge is 0.274 e. The monoisotopic (exact) mass is 288 g/mol. The summed E-state index contributed by atoms with van der Waals surface area (Å²) in [5, 5.41) is 0. The van der Waals surface area contributed by atoms with Gasteiger partial charge in [-0.1, -0.05) is 0 Å². The van der Waals surface area contributed by atoms with Crippen LogP contribution in [0.4, 0.5) is 0 Å². The van der Waals surface area contributed by atoms with Crippen LogP contribution in [-0.2, 0) is 4.79 Å². The fraction of sp³-hybridized carbons (Fsp3) is 0.600. The molecule has 3 heterocycles. The number of aromatic nitrogens is 2. The standard InChI is InChI=1S/C15H20N4O2/c20-14(18-7-1-2-8-18)12-4-3-9-19(11-12)15(21)13-10-16-5-6-17-13/h5-6,10,12H,1-4,7-9,11H2/t12-/m1/s1. The first kappa shape index (κ1) is 14.0. The summed E-state index contributed by atoms with van der Waals surface area (Å²) in [5.41, 5.74) is 0.353. The van der Waals surface area contributed by atoms with E-state index in [-0.39, 0.29) is 17.7 Å². The number of piperidine rings is 1. The first-order chi connectivity index (χ1) is 10.3. The number of hydrogen-bond acceptors (Lipinski definition) is 4. The number of nitrogens with zero attached hydrogens (tertiary/aromatic N) is 4. The van der Waals surface area contributed by atoms with E-state index in [1.165, 1.54) is 12.4 Å². The van der Waals surface area contributed by atoms with Crippen molar-refractivity contribution in [1.29, 1.82) is 0 Å². The minimum Gasteiger partial charge on any atom is -0.342 e. The van der Waals surface area contributed by atoms with Crippen LogP contribution >= 0.6 is 0 Å². The van der Waals surface area contributed by atoms with E-state index in [1.807, 2.05) is 4.90 Å². The van der Waals surface area contributed by atoms with Gasteiger partial charge in [-0.05, 0) is 25.7 Å². The molecule has 21 heavy (non-hydrogen) atoms. The lowest BCUT2D eigenvalue weighted by Crippen LogP contribution is -2.46. The Hall–Kier alpha value is -1.98. The zero-order chi connectivity index (χ0) is 14.7. The third-order valence-corrected chi connectivity index (χ3v) is 4.26. The Morgan fingerprint density at radius 3 is 2.52 bits per heavy atom. The van der Waals surface area contributed by atoms with Gasteiger partial charge in [-0.2, -0.15) is 0 Å². The van der Waals surface area contributed by atoms with Crippen LogP contribution in [-0.4, -0.2) is 57.8 Å². The highest BCUT2D eigenvalue weighted by molar-refractivity contribution is 5.92. The number of rotatable bonds is 2. The van der Waals surface area contributed by atoms with Gasteiger partial charge in [0.25, 0.3) is 5.91 Å². The first-order valence-corrected chi connectivity index (χ1v) is 7.60. The molecule has 0 radical (unpaired) electrons. The molecule has 0 aromatic carbocycles. The van der Waals surface area contributed by atoms with Gasteiger partial charge >= 0.3 is 0 Å². The highest BCUT2D eigenvalue weighted by Crippen LogP contribution is 2.22. The molecule has 6 heteroatoms. The van der Waals surface area contributed by atoms with Crippen molar-refractivity contribution in [2.24, 2.45) is 5.92 Å². The summed E-state index contributed by atoms with van der Waals surface area (Å²) in [6, 6.07) is 0. The van der Waals surface area contributed by atoms with E-state index in [1.54, 1.807) is 11.1 Å². The molecule has 1 atom stereocenters. The molecule has 2 saturated heterocycles. The van der Waals surface area contributed by atoms with Crippen molar-refractivity contribution >= 4 is 11.8 Å². The highest BCUT2D eigenvalue weighted by Gasteiger charge is 2.32. The first-order valence-electron chi connectivity index (χ1n) is 7.60. The molecule has 0 bridgehead atoms. The number of hydrogen-bond donors (Lipinski definition) is 0. The Bertz CT molecular complexity index is 514. The van der Waals surface area contributed by atoms with Crippen LogP contribution in [0.25, 0.3) is 0 Å². The molecule has 2 aliphatic rings. The lowest BCUT2D eigenvalue weighted by atomic mass is 9.96. The molecule has 0 spiro atoms. The quantitative estimate of drug-likeness (QED) is 0.812. The zero-order valence-corrected chi connectivity index (χ0v) is 12.1. The number of likely N-dealkylation sites (tertiary alicyclic amines) is 2. The summed E-state index contributed by atoms with van der Waals surface area (Å²) in [5.74, 6) is 0.0311. The van der Waals surface area contributed by atoms with Crippen molar-refractivity contribution in [1.82, 2.24) is 19.8 Å². The topological polar surface area (TPSA) is 66.4 Å². The number of carbonyl (C=O) groups excluding carboxylic acids is 2. The molecule has 2 fully saturated rings. The van der Waals surface area contributed by atoms with Crippen LogP contribution in [0.5, 0.6) is 0 Å². The van der Waals surface area contributed by atoms with Gasteiger partial charge in [-0.3, -0.25) is 14.6 Å². The molecule has 1 aromatic rings. The molecule has 0 unspecified atom stereocenters. The molecule has 2 amide bonds. The zero-order valence-electron chi connectivity index (χ0n) is 12.1. The Morgan fingerprint density at radius 1 is 1.05 bits per heavy atom. The van der Waals surface area contributed by atoms with Crippen molar-refractivity contribution < 1.29 is 9.59 Å². The fourth-order valence-corrected chi connectivity index (χ4v) is 3.13. The summed E-state index contributed by atoms with van der Waals surface area (Å²) < 4.78 is 0. The Balaban J connectivity index is 1.65. The molecule has 2 aliphatic heterocycles. The average molecular weight is 288 g/mol. The van der Waals surface area contributed by atoms with Crippen molar-refractivity contribution in [3.05, 3.63) is 24.3 Å². The number of carbonyl (C=O) groups is 2. The highest BCUT2D eigenvalue weighted by atomic mass is 16.2. The van der Waals surface area contributed by atoms with Crippen LogP contribution < -0.4 is 0 Å². The largest absolute Gasteiger partial charge is 0.342 e. The minimum atomic E-state index is -0.123. The second-order valence-corrected chi connectivity index (χ2v) is 5.71. The summed E-state index contributed by atoms with van der Waals surface area (Å²) in [7, 11) is 0. The fourth-order valence-electron chi connectivity index (χ4n) is 3.13. The van der Waals surface area contributed by atoms with E-state index in [4.69, 9.17) is 0 Å². The second-order valence-electron chi connectivity index (χ2n) is 5.71. The summed E-state index contributed by atoms with van der Waals surface area (Å²) >= 11 is 0. The third kappa shape index (κ3) is 3.04. The predicted molar refractivity (Wildman–Crippen MR) is 76.5 cm³/mol. The summed E-state index contributed by atoms with van der Waals surface area (Å²) in [6.45, 7) is 2.94. The lowest BCUT2D eigenvalue weighted by molar-refractivity contribution is -0.135. The Morgan fingerprint density at radius 2 is 1.81 bits per heavy atom. The molecular weight excluding hydrogens is 268 g/mol. The van der Waals surface area contributed by atoms with Crippen molar-refractivity contribution in [3.63, 3.8) is 0 Å².